The maximum absolute atomic E-state index is 12.2. The molecule has 1 saturated heterocycles. The molecule has 1 unspecified atom stereocenters. The molecule has 2 aromatic heterocycles. The maximum atomic E-state index is 12.2. The second-order valence-corrected chi connectivity index (χ2v) is 7.27. The fourth-order valence-corrected chi connectivity index (χ4v) is 3.66. The molecule has 0 saturated carbocycles. The quantitative estimate of drug-likeness (QED) is 0.866. The summed E-state index contributed by atoms with van der Waals surface area (Å²) in [4.78, 5) is 18.0. The fraction of sp³-hybridized carbons (Fsp3) is 0.529. The number of piperazine rings is 1. The lowest BCUT2D eigenvalue weighted by atomic mass is 10.2. The largest absolute Gasteiger partial charge is 0.361 e. The molecule has 0 spiro atoms. The van der Waals surface area contributed by atoms with Crippen LogP contribution >= 0.6 is 11.3 Å². The van der Waals surface area contributed by atoms with Crippen LogP contribution in [0.2, 0.25) is 0 Å². The Morgan fingerprint density at radius 3 is 2.75 bits per heavy atom. The molecule has 1 N–H and O–H groups in total. The van der Waals surface area contributed by atoms with Crippen LogP contribution in [0.5, 0.6) is 0 Å². The average molecular weight is 348 g/mol. The minimum absolute atomic E-state index is 0.0780. The van der Waals surface area contributed by atoms with Gasteiger partial charge in [0.05, 0.1) is 18.3 Å². The lowest BCUT2D eigenvalue weighted by molar-refractivity contribution is -0.123. The van der Waals surface area contributed by atoms with Crippen molar-refractivity contribution < 1.29 is 9.32 Å². The molecule has 0 radical (unpaired) electrons. The number of nitrogens with one attached hydrogen (secondary N) is 1. The summed E-state index contributed by atoms with van der Waals surface area (Å²) in [5, 5.41) is 9.15. The van der Waals surface area contributed by atoms with E-state index in [-0.39, 0.29) is 11.9 Å². The number of carbonyl (C=O) groups is 1. The number of nitrogens with zero attached hydrogens (tertiary/aromatic N) is 3. The molecular weight excluding hydrogens is 324 g/mol. The van der Waals surface area contributed by atoms with E-state index in [1.54, 1.807) is 11.3 Å². The SMILES string of the molecule is Cc1cc(CN2CCN(CC(=O)NC(C)c3cccs3)CC2)no1. The third-order valence-corrected chi connectivity index (χ3v) is 5.30. The van der Waals surface area contributed by atoms with Gasteiger partial charge in [-0.25, -0.2) is 0 Å². The molecule has 130 valence electrons. The lowest BCUT2D eigenvalue weighted by Gasteiger charge is -2.33. The van der Waals surface area contributed by atoms with E-state index in [2.05, 4.69) is 26.3 Å². The van der Waals surface area contributed by atoms with Crippen LogP contribution in [0.1, 0.15) is 29.3 Å². The van der Waals surface area contributed by atoms with Gasteiger partial charge in [-0.15, -0.1) is 11.3 Å². The molecule has 24 heavy (non-hydrogen) atoms. The highest BCUT2D eigenvalue weighted by atomic mass is 32.1. The summed E-state index contributed by atoms with van der Waals surface area (Å²) in [7, 11) is 0. The number of carbonyl (C=O) groups excluding carboxylic acids is 1. The minimum atomic E-state index is 0.0780. The molecule has 1 aliphatic heterocycles. The molecule has 1 fully saturated rings. The summed E-state index contributed by atoms with van der Waals surface area (Å²) in [6, 6.07) is 6.12. The van der Waals surface area contributed by atoms with Crippen molar-refractivity contribution in [1.29, 1.82) is 0 Å². The molecule has 2 aromatic rings. The zero-order chi connectivity index (χ0) is 16.9. The minimum Gasteiger partial charge on any atom is -0.361 e. The van der Waals surface area contributed by atoms with Crippen molar-refractivity contribution in [2.75, 3.05) is 32.7 Å². The smallest absolute Gasteiger partial charge is 0.234 e. The first-order valence-electron chi connectivity index (χ1n) is 8.30. The molecule has 3 rings (SSSR count). The zero-order valence-corrected chi connectivity index (χ0v) is 15.0. The third-order valence-electron chi connectivity index (χ3n) is 4.24. The summed E-state index contributed by atoms with van der Waals surface area (Å²) in [6.45, 7) is 8.90. The topological polar surface area (TPSA) is 61.6 Å². The van der Waals surface area contributed by atoms with E-state index >= 15 is 0 Å². The normalized spacial score (nSPS) is 17.8. The van der Waals surface area contributed by atoms with Crippen LogP contribution in [0, 0.1) is 6.92 Å². The lowest BCUT2D eigenvalue weighted by Crippen LogP contribution is -2.49. The predicted molar refractivity (Wildman–Crippen MR) is 93.8 cm³/mol. The highest BCUT2D eigenvalue weighted by Gasteiger charge is 2.20. The molecule has 3 heterocycles. The van der Waals surface area contributed by atoms with Gasteiger partial charge >= 0.3 is 0 Å². The van der Waals surface area contributed by atoms with Gasteiger partial charge in [-0.1, -0.05) is 11.2 Å². The molecule has 1 atom stereocenters. The first-order valence-corrected chi connectivity index (χ1v) is 9.18. The molecule has 0 bridgehead atoms. The van der Waals surface area contributed by atoms with Gasteiger partial charge in [-0.3, -0.25) is 14.6 Å². The van der Waals surface area contributed by atoms with Crippen LogP contribution in [-0.2, 0) is 11.3 Å². The van der Waals surface area contributed by atoms with E-state index in [4.69, 9.17) is 4.52 Å². The summed E-state index contributed by atoms with van der Waals surface area (Å²) in [5.41, 5.74) is 0.975. The summed E-state index contributed by atoms with van der Waals surface area (Å²) >= 11 is 1.67. The first-order chi connectivity index (χ1) is 11.6. The Bertz CT molecular complexity index is 647. The van der Waals surface area contributed by atoms with Crippen molar-refractivity contribution in [3.8, 4) is 0 Å². The fourth-order valence-electron chi connectivity index (χ4n) is 2.93. The van der Waals surface area contributed by atoms with Crippen molar-refractivity contribution >= 4 is 17.2 Å². The van der Waals surface area contributed by atoms with Crippen LogP contribution in [-0.4, -0.2) is 53.6 Å². The number of rotatable bonds is 6. The number of hydrogen-bond donors (Lipinski definition) is 1. The second-order valence-electron chi connectivity index (χ2n) is 6.29. The molecule has 6 nitrogen and oxygen atoms in total. The first kappa shape index (κ1) is 17.1. The molecule has 1 aliphatic rings. The monoisotopic (exact) mass is 348 g/mol. The second kappa shape index (κ2) is 7.92. The van der Waals surface area contributed by atoms with Gasteiger partial charge in [-0.2, -0.15) is 0 Å². The Morgan fingerprint density at radius 2 is 2.12 bits per heavy atom. The van der Waals surface area contributed by atoms with Gasteiger partial charge in [0.2, 0.25) is 5.91 Å². The van der Waals surface area contributed by atoms with Crippen molar-refractivity contribution in [3.63, 3.8) is 0 Å². The number of hydrogen-bond acceptors (Lipinski definition) is 6. The summed E-state index contributed by atoms with van der Waals surface area (Å²) in [6.07, 6.45) is 0. The van der Waals surface area contributed by atoms with Crippen molar-refractivity contribution in [1.82, 2.24) is 20.3 Å². The number of aromatic nitrogens is 1. The Kier molecular flexibility index (Phi) is 5.65. The molecule has 1 amide bonds. The Morgan fingerprint density at radius 1 is 1.38 bits per heavy atom. The van der Waals surface area contributed by atoms with E-state index in [0.717, 1.165) is 44.2 Å². The molecule has 0 aromatic carbocycles. The maximum Gasteiger partial charge on any atom is 0.234 e. The van der Waals surface area contributed by atoms with Gasteiger partial charge in [-0.05, 0) is 25.3 Å². The van der Waals surface area contributed by atoms with E-state index < -0.39 is 0 Å². The zero-order valence-electron chi connectivity index (χ0n) is 14.2. The van der Waals surface area contributed by atoms with E-state index in [1.807, 2.05) is 31.4 Å². The van der Waals surface area contributed by atoms with Gasteiger partial charge < -0.3 is 9.84 Å². The van der Waals surface area contributed by atoms with E-state index in [9.17, 15) is 4.79 Å². The van der Waals surface area contributed by atoms with Crippen LogP contribution in [0.25, 0.3) is 0 Å². The van der Waals surface area contributed by atoms with Gasteiger partial charge in [0, 0.05) is 43.7 Å². The molecule has 7 heteroatoms. The van der Waals surface area contributed by atoms with Crippen LogP contribution in [0.3, 0.4) is 0 Å². The number of thiophene rings is 1. The van der Waals surface area contributed by atoms with E-state index in [0.29, 0.717) is 6.54 Å². The predicted octanol–water partition coefficient (Wildman–Crippen LogP) is 2.04. The van der Waals surface area contributed by atoms with Gasteiger partial charge in [0.25, 0.3) is 0 Å². The van der Waals surface area contributed by atoms with Crippen LogP contribution in [0.15, 0.2) is 28.1 Å². The summed E-state index contributed by atoms with van der Waals surface area (Å²) in [5.74, 6) is 0.941. The summed E-state index contributed by atoms with van der Waals surface area (Å²) < 4.78 is 5.11. The highest BCUT2D eigenvalue weighted by Crippen LogP contribution is 2.18. The number of amides is 1. The van der Waals surface area contributed by atoms with Crippen molar-refractivity contribution in [2.45, 2.75) is 26.4 Å². The van der Waals surface area contributed by atoms with Crippen LogP contribution < -0.4 is 5.32 Å². The van der Waals surface area contributed by atoms with Crippen molar-refractivity contribution in [3.05, 3.63) is 39.9 Å². The Balaban J connectivity index is 1.39. The van der Waals surface area contributed by atoms with Gasteiger partial charge in [0.15, 0.2) is 0 Å². The van der Waals surface area contributed by atoms with Crippen molar-refractivity contribution in [2.24, 2.45) is 0 Å². The Hall–Kier alpha value is -1.70. The number of aryl methyl sites for hydroxylation is 1. The van der Waals surface area contributed by atoms with E-state index in [1.165, 1.54) is 4.88 Å². The third kappa shape index (κ3) is 4.66. The standard InChI is InChI=1S/C17H24N4O2S/c1-13-10-15(19-23-13)11-20-5-7-21(8-6-20)12-17(22)18-14(2)16-4-3-9-24-16/h3-4,9-10,14H,5-8,11-12H2,1-2H3,(H,18,22). The Labute approximate surface area is 146 Å². The highest BCUT2D eigenvalue weighted by molar-refractivity contribution is 7.10. The van der Waals surface area contributed by atoms with Gasteiger partial charge in [0.1, 0.15) is 5.76 Å². The average Bonchev–Trinajstić information content (AvgIpc) is 3.21. The molecular formula is C17H24N4O2S. The molecule has 0 aliphatic carbocycles. The van der Waals surface area contributed by atoms with Crippen LogP contribution in [0.4, 0.5) is 0 Å².